The van der Waals surface area contributed by atoms with Gasteiger partial charge in [0.1, 0.15) is 17.3 Å². The number of carbonyl (C=O) groups is 2. The first-order valence-corrected chi connectivity index (χ1v) is 14.8. The number of halogens is 4. The zero-order chi connectivity index (χ0) is 30.8. The van der Waals surface area contributed by atoms with Crippen LogP contribution in [0.15, 0.2) is 59.6 Å². The second kappa shape index (κ2) is 12.7. The molecule has 222 valence electrons. The van der Waals surface area contributed by atoms with Crippen LogP contribution < -0.4 is 20.5 Å². The van der Waals surface area contributed by atoms with Gasteiger partial charge in [0, 0.05) is 10.7 Å². The predicted octanol–water partition coefficient (Wildman–Crippen LogP) is 9.00. The fourth-order valence-electron chi connectivity index (χ4n) is 5.04. The largest absolute Gasteiger partial charge is 0.484 e. The number of hydrogen-bond donors (Lipinski definition) is 2. The smallest absolute Gasteiger partial charge is 0.262 e. The summed E-state index contributed by atoms with van der Waals surface area (Å²) < 4.78 is 5.71. The van der Waals surface area contributed by atoms with E-state index < -0.39 is 0 Å². The highest BCUT2D eigenvalue weighted by Crippen LogP contribution is 2.38. The summed E-state index contributed by atoms with van der Waals surface area (Å²) >= 11 is 24.9. The van der Waals surface area contributed by atoms with E-state index in [1.807, 2.05) is 24.3 Å². The maximum Gasteiger partial charge on any atom is 0.262 e. The summed E-state index contributed by atoms with van der Waals surface area (Å²) in [6, 6.07) is 15.7. The number of rotatable bonds is 8. The summed E-state index contributed by atoms with van der Waals surface area (Å²) in [5, 5.41) is 5.11. The lowest BCUT2D eigenvalue weighted by Crippen LogP contribution is -2.36. The van der Waals surface area contributed by atoms with Gasteiger partial charge in [-0.2, -0.15) is 0 Å². The van der Waals surface area contributed by atoms with Gasteiger partial charge in [-0.15, -0.1) is 0 Å². The van der Waals surface area contributed by atoms with Crippen molar-refractivity contribution in [3.63, 3.8) is 0 Å². The van der Waals surface area contributed by atoms with Crippen molar-refractivity contribution >= 4 is 81.1 Å². The standard InChI is InChI=1S/C31H32Cl4N4O3/c1-30(2,3)17-31(4,5)18-6-9-21(10-7-18)42-16-27(40)36-20-8-11-22(33)25(14-20)37-26-15-28(41)39(38-26)29-23(34)12-19(32)13-24(29)35/h6-14H,15-17H2,1-5H3,(H,36,40)(H,37,38). The molecule has 0 aromatic heterocycles. The van der Waals surface area contributed by atoms with Gasteiger partial charge in [-0.3, -0.25) is 15.0 Å². The van der Waals surface area contributed by atoms with Crippen LogP contribution in [0.4, 0.5) is 17.1 Å². The highest BCUT2D eigenvalue weighted by Gasteiger charge is 2.31. The Morgan fingerprint density at radius 1 is 0.952 bits per heavy atom. The van der Waals surface area contributed by atoms with Crippen molar-refractivity contribution in [2.75, 3.05) is 16.9 Å². The average molecular weight is 650 g/mol. The van der Waals surface area contributed by atoms with E-state index in [0.717, 1.165) is 6.42 Å². The quantitative estimate of drug-likeness (QED) is 0.255. The SMILES string of the molecule is CC(C)(C)CC(C)(C)c1ccc(OCC(=O)Nc2ccc(Cl)c(N=C3CC(=O)N(c4c(Cl)cc(Cl)cc4Cl)N3)c2)cc1. The van der Waals surface area contributed by atoms with Crippen molar-refractivity contribution in [3.8, 4) is 5.75 Å². The van der Waals surface area contributed by atoms with Crippen LogP contribution in [0.1, 0.15) is 53.0 Å². The van der Waals surface area contributed by atoms with Crippen LogP contribution in [0, 0.1) is 5.41 Å². The van der Waals surface area contributed by atoms with Crippen molar-refractivity contribution < 1.29 is 14.3 Å². The number of hydrazine groups is 1. The summed E-state index contributed by atoms with van der Waals surface area (Å²) in [4.78, 5) is 29.8. The van der Waals surface area contributed by atoms with Gasteiger partial charge >= 0.3 is 0 Å². The Hall–Kier alpha value is -2.97. The Kier molecular flexibility index (Phi) is 9.68. The minimum Gasteiger partial charge on any atom is -0.484 e. The summed E-state index contributed by atoms with van der Waals surface area (Å²) in [7, 11) is 0. The molecule has 3 aromatic carbocycles. The van der Waals surface area contributed by atoms with Gasteiger partial charge in [0.2, 0.25) is 0 Å². The second-order valence-corrected chi connectivity index (χ2v) is 13.6. The Morgan fingerprint density at radius 2 is 1.60 bits per heavy atom. The zero-order valence-electron chi connectivity index (χ0n) is 23.9. The molecule has 0 aliphatic carbocycles. The molecule has 3 aromatic rings. The molecule has 0 spiro atoms. The molecule has 42 heavy (non-hydrogen) atoms. The molecular weight excluding hydrogens is 618 g/mol. The average Bonchev–Trinajstić information content (AvgIpc) is 3.22. The van der Waals surface area contributed by atoms with Crippen molar-refractivity contribution in [3.05, 3.63) is 80.3 Å². The van der Waals surface area contributed by atoms with E-state index in [-0.39, 0.29) is 51.4 Å². The Labute approximate surface area is 266 Å². The van der Waals surface area contributed by atoms with Gasteiger partial charge in [0.15, 0.2) is 6.61 Å². The minimum absolute atomic E-state index is 0.0132. The molecule has 1 aliphatic rings. The van der Waals surface area contributed by atoms with Gasteiger partial charge in [0.25, 0.3) is 11.8 Å². The maximum atomic E-state index is 12.7. The first-order valence-electron chi connectivity index (χ1n) is 13.3. The van der Waals surface area contributed by atoms with Crippen molar-refractivity contribution in [2.24, 2.45) is 10.4 Å². The van der Waals surface area contributed by atoms with E-state index in [4.69, 9.17) is 51.1 Å². The van der Waals surface area contributed by atoms with Crippen molar-refractivity contribution in [2.45, 2.75) is 52.9 Å². The van der Waals surface area contributed by atoms with E-state index in [1.54, 1.807) is 18.2 Å². The Balaban J connectivity index is 1.39. The van der Waals surface area contributed by atoms with E-state index in [1.165, 1.54) is 22.7 Å². The number of amidine groups is 1. The molecule has 1 saturated heterocycles. The van der Waals surface area contributed by atoms with Crippen LogP contribution >= 0.6 is 46.4 Å². The van der Waals surface area contributed by atoms with Gasteiger partial charge in [-0.05, 0) is 65.3 Å². The highest BCUT2D eigenvalue weighted by molar-refractivity contribution is 6.42. The first kappa shape index (κ1) is 32.0. The summed E-state index contributed by atoms with van der Waals surface area (Å²) in [5.74, 6) is 0.264. The van der Waals surface area contributed by atoms with Gasteiger partial charge in [0.05, 0.1) is 27.2 Å². The van der Waals surface area contributed by atoms with Crippen molar-refractivity contribution in [1.82, 2.24) is 5.43 Å². The van der Waals surface area contributed by atoms with Crippen LogP contribution in [-0.2, 0) is 15.0 Å². The number of nitrogens with zero attached hydrogens (tertiary/aromatic N) is 2. The molecule has 2 amide bonds. The molecule has 0 bridgehead atoms. The van der Waals surface area contributed by atoms with E-state index in [9.17, 15) is 9.59 Å². The third-order valence-corrected chi connectivity index (χ3v) is 7.59. The molecule has 11 heteroatoms. The summed E-state index contributed by atoms with van der Waals surface area (Å²) in [6.45, 7) is 11.0. The lowest BCUT2D eigenvalue weighted by molar-refractivity contribution is -0.118. The number of benzene rings is 3. The summed E-state index contributed by atoms with van der Waals surface area (Å²) in [5.41, 5.74) is 5.44. The van der Waals surface area contributed by atoms with Crippen LogP contribution in [0.3, 0.4) is 0 Å². The molecule has 0 saturated carbocycles. The van der Waals surface area contributed by atoms with E-state index in [0.29, 0.717) is 33.0 Å². The fourth-order valence-corrected chi connectivity index (χ4v) is 6.19. The Morgan fingerprint density at radius 3 is 2.21 bits per heavy atom. The van der Waals surface area contributed by atoms with Gasteiger partial charge < -0.3 is 10.1 Å². The molecule has 1 fully saturated rings. The molecule has 0 atom stereocenters. The van der Waals surface area contributed by atoms with Crippen LogP contribution in [0.2, 0.25) is 20.1 Å². The van der Waals surface area contributed by atoms with Crippen LogP contribution in [0.5, 0.6) is 5.75 Å². The molecule has 0 radical (unpaired) electrons. The number of aliphatic imine (C=N–C) groups is 1. The number of ether oxygens (including phenoxy) is 1. The van der Waals surface area contributed by atoms with Crippen LogP contribution in [0.25, 0.3) is 0 Å². The van der Waals surface area contributed by atoms with E-state index in [2.05, 4.69) is 50.4 Å². The number of amides is 2. The summed E-state index contributed by atoms with van der Waals surface area (Å²) in [6.07, 6.45) is 0.995. The number of carbonyl (C=O) groups excluding carboxylic acids is 2. The molecule has 2 N–H and O–H groups in total. The van der Waals surface area contributed by atoms with Gasteiger partial charge in [-0.1, -0.05) is 93.2 Å². The normalized spacial score (nSPS) is 14.7. The maximum absolute atomic E-state index is 12.7. The second-order valence-electron chi connectivity index (χ2n) is 11.9. The Bertz CT molecular complexity index is 1510. The van der Waals surface area contributed by atoms with Crippen LogP contribution in [-0.4, -0.2) is 24.3 Å². The highest BCUT2D eigenvalue weighted by atomic mass is 35.5. The molecule has 1 aliphatic heterocycles. The first-order chi connectivity index (χ1) is 19.6. The lowest BCUT2D eigenvalue weighted by atomic mass is 9.72. The molecular formula is C31H32Cl4N4O3. The number of hydrogen-bond acceptors (Lipinski definition) is 4. The predicted molar refractivity (Wildman–Crippen MR) is 173 cm³/mol. The molecule has 4 rings (SSSR count). The monoisotopic (exact) mass is 648 g/mol. The lowest BCUT2D eigenvalue weighted by Gasteiger charge is -2.33. The zero-order valence-corrected chi connectivity index (χ0v) is 27.0. The van der Waals surface area contributed by atoms with E-state index >= 15 is 0 Å². The third-order valence-electron chi connectivity index (χ3n) is 6.48. The van der Waals surface area contributed by atoms with Gasteiger partial charge in [-0.25, -0.2) is 10.0 Å². The molecule has 7 nitrogen and oxygen atoms in total. The minimum atomic E-state index is -0.347. The fraction of sp³-hybridized carbons (Fsp3) is 0.323. The number of nitrogens with one attached hydrogen (secondary N) is 2. The molecule has 0 unspecified atom stereocenters. The third kappa shape index (κ3) is 8.10. The topological polar surface area (TPSA) is 83.0 Å². The molecule has 1 heterocycles. The van der Waals surface area contributed by atoms with Crippen molar-refractivity contribution in [1.29, 1.82) is 0 Å². The number of anilines is 2.